The van der Waals surface area contributed by atoms with Crippen molar-refractivity contribution in [3.63, 3.8) is 0 Å². The zero-order valence-corrected chi connectivity index (χ0v) is 11.7. The van der Waals surface area contributed by atoms with Crippen molar-refractivity contribution in [2.75, 3.05) is 0 Å². The van der Waals surface area contributed by atoms with E-state index in [1.54, 1.807) is 11.3 Å². The van der Waals surface area contributed by atoms with Gasteiger partial charge in [-0.05, 0) is 22.8 Å². The number of aliphatic hydroxyl groups is 2. The molecule has 1 heterocycles. The van der Waals surface area contributed by atoms with Gasteiger partial charge in [-0.25, -0.2) is 0 Å². The van der Waals surface area contributed by atoms with Gasteiger partial charge in [0, 0.05) is 10.3 Å². The maximum absolute atomic E-state index is 10.4. The van der Waals surface area contributed by atoms with Crippen LogP contribution in [-0.2, 0) is 0 Å². The average Bonchev–Trinajstić information content (AvgIpc) is 2.87. The third kappa shape index (κ3) is 2.44. The Bertz CT molecular complexity index is 502. The van der Waals surface area contributed by atoms with E-state index in [0.717, 1.165) is 28.5 Å². The van der Waals surface area contributed by atoms with Crippen LogP contribution in [0.15, 0.2) is 29.6 Å². The minimum Gasteiger partial charge on any atom is -0.390 e. The molecule has 0 aliphatic rings. The lowest BCUT2D eigenvalue weighted by molar-refractivity contribution is -0.0201. The fourth-order valence-corrected chi connectivity index (χ4v) is 3.41. The number of thiophene rings is 1. The molecule has 2 atom stereocenters. The molecule has 3 heteroatoms. The van der Waals surface area contributed by atoms with E-state index >= 15 is 0 Å². The first-order chi connectivity index (χ1) is 8.69. The Morgan fingerprint density at radius 3 is 2.50 bits per heavy atom. The summed E-state index contributed by atoms with van der Waals surface area (Å²) in [6.45, 7) is 4.10. The second kappa shape index (κ2) is 5.83. The normalized spacial score (nSPS) is 15.2. The summed E-state index contributed by atoms with van der Waals surface area (Å²) in [7, 11) is 0. The Morgan fingerprint density at radius 2 is 1.83 bits per heavy atom. The molecule has 18 heavy (non-hydrogen) atoms. The molecule has 0 fully saturated rings. The molecule has 2 nitrogen and oxygen atoms in total. The summed E-state index contributed by atoms with van der Waals surface area (Å²) in [6, 6.07) is 7.92. The Labute approximate surface area is 112 Å². The van der Waals surface area contributed by atoms with Gasteiger partial charge in [-0.15, -0.1) is 11.3 Å². The molecule has 0 bridgehead atoms. The molecule has 0 amide bonds. The van der Waals surface area contributed by atoms with Crippen molar-refractivity contribution in [1.82, 2.24) is 0 Å². The van der Waals surface area contributed by atoms with Gasteiger partial charge < -0.3 is 10.2 Å². The molecule has 0 aliphatic carbocycles. The average molecular weight is 264 g/mol. The largest absolute Gasteiger partial charge is 0.390 e. The summed E-state index contributed by atoms with van der Waals surface area (Å²) in [6.07, 6.45) is 0.287. The summed E-state index contributed by atoms with van der Waals surface area (Å²) < 4.78 is 1.08. The number of hydrogen-bond donors (Lipinski definition) is 2. The van der Waals surface area contributed by atoms with Crippen molar-refractivity contribution in [1.29, 1.82) is 0 Å². The predicted molar refractivity (Wildman–Crippen MR) is 76.9 cm³/mol. The van der Waals surface area contributed by atoms with Gasteiger partial charge in [0.2, 0.25) is 0 Å². The van der Waals surface area contributed by atoms with Gasteiger partial charge in [0.25, 0.3) is 0 Å². The van der Waals surface area contributed by atoms with Gasteiger partial charge in [0.15, 0.2) is 0 Å². The van der Waals surface area contributed by atoms with Crippen LogP contribution in [0.25, 0.3) is 10.1 Å². The van der Waals surface area contributed by atoms with Crippen LogP contribution in [0, 0.1) is 5.92 Å². The summed E-state index contributed by atoms with van der Waals surface area (Å²) in [5.41, 5.74) is 0.849. The lowest BCUT2D eigenvalue weighted by Gasteiger charge is -2.25. The monoisotopic (exact) mass is 264 g/mol. The molecule has 1 aromatic heterocycles. The highest BCUT2D eigenvalue weighted by atomic mass is 32.1. The van der Waals surface area contributed by atoms with E-state index in [1.807, 2.05) is 29.6 Å². The van der Waals surface area contributed by atoms with E-state index in [4.69, 9.17) is 0 Å². The third-order valence-corrected chi connectivity index (χ3v) is 4.66. The fourth-order valence-electron chi connectivity index (χ4n) is 2.46. The second-order valence-electron chi connectivity index (χ2n) is 4.70. The van der Waals surface area contributed by atoms with E-state index in [2.05, 4.69) is 13.8 Å². The molecule has 1 aromatic carbocycles. The van der Waals surface area contributed by atoms with Gasteiger partial charge in [-0.1, -0.05) is 44.9 Å². The quantitative estimate of drug-likeness (QED) is 0.864. The number of rotatable bonds is 5. The summed E-state index contributed by atoms with van der Waals surface area (Å²) in [4.78, 5) is 0. The molecule has 0 saturated heterocycles. The first-order valence-electron chi connectivity index (χ1n) is 6.51. The molecule has 98 valence electrons. The SMILES string of the molecule is CCC(CC)C(O)C(O)c1cccc2ccsc12. The van der Waals surface area contributed by atoms with Gasteiger partial charge >= 0.3 is 0 Å². The lowest BCUT2D eigenvalue weighted by Crippen LogP contribution is -2.27. The highest BCUT2D eigenvalue weighted by Gasteiger charge is 2.26. The number of benzene rings is 1. The van der Waals surface area contributed by atoms with Gasteiger partial charge in [0.05, 0.1) is 6.10 Å². The zero-order valence-electron chi connectivity index (χ0n) is 10.8. The van der Waals surface area contributed by atoms with Gasteiger partial charge in [-0.2, -0.15) is 0 Å². The maximum atomic E-state index is 10.4. The highest BCUT2D eigenvalue weighted by Crippen LogP contribution is 2.33. The summed E-state index contributed by atoms with van der Waals surface area (Å²) >= 11 is 1.62. The van der Waals surface area contributed by atoms with Crippen LogP contribution in [0.1, 0.15) is 38.4 Å². The van der Waals surface area contributed by atoms with Crippen molar-refractivity contribution in [3.8, 4) is 0 Å². The van der Waals surface area contributed by atoms with Crippen molar-refractivity contribution in [2.24, 2.45) is 5.92 Å². The molecule has 0 saturated carbocycles. The minimum atomic E-state index is -0.794. The molecular weight excluding hydrogens is 244 g/mol. The first-order valence-corrected chi connectivity index (χ1v) is 7.39. The molecule has 0 aliphatic heterocycles. The zero-order chi connectivity index (χ0) is 13.1. The molecule has 2 aromatic rings. The Kier molecular flexibility index (Phi) is 4.38. The van der Waals surface area contributed by atoms with Crippen LogP contribution in [0.5, 0.6) is 0 Å². The first kappa shape index (κ1) is 13.5. The molecule has 2 N–H and O–H groups in total. The standard InChI is InChI=1S/C15H20O2S/c1-3-10(4-2)13(16)14(17)12-7-5-6-11-8-9-18-15(11)12/h5-10,13-14,16-17H,3-4H2,1-2H3. The van der Waals surface area contributed by atoms with E-state index in [-0.39, 0.29) is 5.92 Å². The molecular formula is C15H20O2S. The highest BCUT2D eigenvalue weighted by molar-refractivity contribution is 7.17. The summed E-state index contributed by atoms with van der Waals surface area (Å²) in [5, 5.41) is 23.8. The third-order valence-electron chi connectivity index (χ3n) is 3.68. The molecule has 2 rings (SSSR count). The van der Waals surface area contributed by atoms with Crippen molar-refractivity contribution in [3.05, 3.63) is 35.2 Å². The van der Waals surface area contributed by atoms with Gasteiger partial charge in [0.1, 0.15) is 6.10 Å². The van der Waals surface area contributed by atoms with Crippen molar-refractivity contribution < 1.29 is 10.2 Å². The van der Waals surface area contributed by atoms with Crippen LogP contribution < -0.4 is 0 Å². The molecule has 2 unspecified atom stereocenters. The van der Waals surface area contributed by atoms with Crippen LogP contribution in [0.4, 0.5) is 0 Å². The van der Waals surface area contributed by atoms with E-state index in [9.17, 15) is 10.2 Å². The summed E-state index contributed by atoms with van der Waals surface area (Å²) in [5.74, 6) is 0.148. The van der Waals surface area contributed by atoms with Crippen LogP contribution in [0.3, 0.4) is 0 Å². The number of hydrogen-bond acceptors (Lipinski definition) is 3. The Balaban J connectivity index is 2.33. The Hall–Kier alpha value is -0.900. The second-order valence-corrected chi connectivity index (χ2v) is 5.61. The fraction of sp³-hybridized carbons (Fsp3) is 0.467. The smallest absolute Gasteiger partial charge is 0.106 e. The maximum Gasteiger partial charge on any atom is 0.106 e. The van der Waals surface area contributed by atoms with Crippen LogP contribution >= 0.6 is 11.3 Å². The van der Waals surface area contributed by atoms with Crippen molar-refractivity contribution in [2.45, 2.75) is 38.9 Å². The Morgan fingerprint density at radius 1 is 1.11 bits per heavy atom. The topological polar surface area (TPSA) is 40.5 Å². The van der Waals surface area contributed by atoms with E-state index in [1.165, 1.54) is 0 Å². The lowest BCUT2D eigenvalue weighted by atomic mass is 9.89. The molecule has 0 radical (unpaired) electrons. The predicted octanol–water partition coefficient (Wildman–Crippen LogP) is 3.73. The minimum absolute atomic E-state index is 0.148. The number of fused-ring (bicyclic) bond motifs is 1. The van der Waals surface area contributed by atoms with E-state index in [0.29, 0.717) is 0 Å². The van der Waals surface area contributed by atoms with Gasteiger partial charge in [-0.3, -0.25) is 0 Å². The van der Waals surface area contributed by atoms with Crippen LogP contribution in [0.2, 0.25) is 0 Å². The van der Waals surface area contributed by atoms with E-state index < -0.39 is 12.2 Å². The molecule has 0 spiro atoms. The van der Waals surface area contributed by atoms with Crippen LogP contribution in [-0.4, -0.2) is 16.3 Å². The number of aliphatic hydroxyl groups excluding tert-OH is 2. The van der Waals surface area contributed by atoms with Crippen molar-refractivity contribution >= 4 is 21.4 Å².